The zero-order valence-corrected chi connectivity index (χ0v) is 12.2. The molecule has 0 saturated heterocycles. The zero-order valence-electron chi connectivity index (χ0n) is 10.3. The molecule has 0 aliphatic carbocycles. The molecule has 1 aromatic rings. The van der Waals surface area contributed by atoms with Crippen molar-refractivity contribution in [2.75, 3.05) is 0 Å². The summed E-state index contributed by atoms with van der Waals surface area (Å²) in [4.78, 5) is 3.92. The molecule has 0 saturated carbocycles. The minimum atomic E-state index is -3.34. The summed E-state index contributed by atoms with van der Waals surface area (Å²) in [5.74, 6) is 0. The van der Waals surface area contributed by atoms with E-state index < -0.39 is 18.1 Å². The molecular weight excluding hydrogens is 252 g/mol. The number of hydrogen-bond acceptors (Lipinski definition) is 3. The monoisotopic (exact) mass is 270 g/mol. The Kier molecular flexibility index (Phi) is 4.61. The first-order valence-electron chi connectivity index (χ1n) is 5.36. The van der Waals surface area contributed by atoms with Crippen LogP contribution in [0.2, 0.25) is 19.6 Å². The largest absolute Gasteiger partial charge is 0.264 e. The molecule has 0 atom stereocenters. The molecule has 0 spiro atoms. The smallest absolute Gasteiger partial charge is 0.233 e. The number of sulfonamides is 1. The predicted molar refractivity (Wildman–Crippen MR) is 72.5 cm³/mol. The molecule has 4 nitrogen and oxygen atoms in total. The fraction of sp³-hybridized carbons (Fsp3) is 0.364. The molecule has 1 heterocycles. The van der Waals surface area contributed by atoms with Crippen LogP contribution in [0.25, 0.3) is 0 Å². The van der Waals surface area contributed by atoms with Crippen molar-refractivity contribution in [2.45, 2.75) is 26.2 Å². The first-order valence-corrected chi connectivity index (χ1v) is 10.5. The fourth-order valence-electron chi connectivity index (χ4n) is 1.03. The number of aromatic nitrogens is 1. The van der Waals surface area contributed by atoms with Crippen LogP contribution in [-0.4, -0.2) is 21.5 Å². The quantitative estimate of drug-likeness (QED) is 0.831. The molecular formula is C11H18N2O2SSi. The molecule has 1 rings (SSSR count). The van der Waals surface area contributed by atoms with E-state index in [1.807, 2.05) is 6.07 Å². The third-order valence-corrected chi connectivity index (χ3v) is 4.40. The van der Waals surface area contributed by atoms with Crippen molar-refractivity contribution < 1.29 is 8.42 Å². The van der Waals surface area contributed by atoms with Crippen molar-refractivity contribution in [3.05, 3.63) is 41.2 Å². The molecule has 6 heteroatoms. The maximum atomic E-state index is 11.7. The van der Waals surface area contributed by atoms with Gasteiger partial charge in [-0.25, -0.2) is 13.1 Å². The van der Waals surface area contributed by atoms with Crippen LogP contribution >= 0.6 is 0 Å². The molecule has 0 unspecified atom stereocenters. The standard InChI is InChI=1S/C11H18N2O2SSi/c1-17(2,3)8-7-16(14,15)13-10-11-5-4-6-12-9-11/h4-9,13H,10H2,1-3H3/b8-7+. The van der Waals surface area contributed by atoms with Crippen molar-refractivity contribution in [3.8, 4) is 0 Å². The van der Waals surface area contributed by atoms with Gasteiger partial charge in [-0.15, -0.1) is 0 Å². The summed E-state index contributed by atoms with van der Waals surface area (Å²) in [6, 6.07) is 3.61. The second-order valence-electron chi connectivity index (χ2n) is 4.90. The Morgan fingerprint density at radius 3 is 2.65 bits per heavy atom. The molecule has 1 N–H and O–H groups in total. The summed E-state index contributed by atoms with van der Waals surface area (Å²) >= 11 is 0. The summed E-state index contributed by atoms with van der Waals surface area (Å²) in [6.45, 7) is 6.52. The van der Waals surface area contributed by atoms with E-state index in [2.05, 4.69) is 29.3 Å². The van der Waals surface area contributed by atoms with Gasteiger partial charge in [-0.2, -0.15) is 0 Å². The minimum absolute atomic E-state index is 0.270. The predicted octanol–water partition coefficient (Wildman–Crippen LogP) is 1.89. The highest BCUT2D eigenvalue weighted by atomic mass is 32.2. The van der Waals surface area contributed by atoms with Gasteiger partial charge in [-0.1, -0.05) is 31.4 Å². The van der Waals surface area contributed by atoms with Gasteiger partial charge in [0, 0.05) is 24.3 Å². The lowest BCUT2D eigenvalue weighted by molar-refractivity contribution is 0.590. The third-order valence-electron chi connectivity index (χ3n) is 1.95. The van der Waals surface area contributed by atoms with Crippen molar-refractivity contribution >= 4 is 18.1 Å². The van der Waals surface area contributed by atoms with Gasteiger partial charge >= 0.3 is 0 Å². The molecule has 0 aromatic carbocycles. The highest BCUT2D eigenvalue weighted by Crippen LogP contribution is 2.04. The summed E-state index contributed by atoms with van der Waals surface area (Å²) in [6.07, 6.45) is 3.30. The van der Waals surface area contributed by atoms with Crippen molar-refractivity contribution in [1.29, 1.82) is 0 Å². The topological polar surface area (TPSA) is 59.1 Å². The number of nitrogens with one attached hydrogen (secondary N) is 1. The Bertz CT molecular complexity index is 478. The van der Waals surface area contributed by atoms with Crippen molar-refractivity contribution in [2.24, 2.45) is 0 Å². The number of nitrogens with zero attached hydrogens (tertiary/aromatic N) is 1. The summed E-state index contributed by atoms with van der Waals surface area (Å²) in [7, 11) is -4.82. The Balaban J connectivity index is 2.60. The lowest BCUT2D eigenvalue weighted by atomic mass is 10.3. The van der Waals surface area contributed by atoms with Crippen molar-refractivity contribution in [1.82, 2.24) is 9.71 Å². The average molecular weight is 270 g/mol. The molecule has 0 fully saturated rings. The summed E-state index contributed by atoms with van der Waals surface area (Å²) in [5, 5.41) is 1.27. The molecule has 0 aliphatic rings. The molecule has 0 bridgehead atoms. The summed E-state index contributed by atoms with van der Waals surface area (Å²) in [5.41, 5.74) is 2.65. The van der Waals surface area contributed by atoms with Gasteiger partial charge in [0.15, 0.2) is 0 Å². The second kappa shape index (κ2) is 5.57. The Morgan fingerprint density at radius 1 is 1.41 bits per heavy atom. The highest BCUT2D eigenvalue weighted by molar-refractivity contribution is 7.92. The second-order valence-corrected chi connectivity index (χ2v) is 11.6. The molecule has 0 aliphatic heterocycles. The first kappa shape index (κ1) is 14.1. The number of rotatable bonds is 5. The number of hydrogen-bond donors (Lipinski definition) is 1. The van der Waals surface area contributed by atoms with Gasteiger partial charge in [0.25, 0.3) is 0 Å². The SMILES string of the molecule is C[Si](C)(C)/C=C/S(=O)(=O)NCc1cccnc1. The van der Waals surface area contributed by atoms with Crippen LogP contribution in [0.4, 0.5) is 0 Å². The Hall–Kier alpha value is -0.983. The van der Waals surface area contributed by atoms with Gasteiger partial charge in [-0.05, 0) is 11.6 Å². The molecule has 0 radical (unpaired) electrons. The number of pyridine rings is 1. The first-order chi connectivity index (χ1) is 7.79. The van der Waals surface area contributed by atoms with E-state index in [1.165, 1.54) is 5.41 Å². The molecule has 1 aromatic heterocycles. The normalized spacial score (nSPS) is 13.1. The van der Waals surface area contributed by atoms with Crippen LogP contribution < -0.4 is 4.72 Å². The van der Waals surface area contributed by atoms with Gasteiger partial charge in [-0.3, -0.25) is 4.98 Å². The maximum absolute atomic E-state index is 11.7. The Morgan fingerprint density at radius 2 is 2.12 bits per heavy atom. The molecule has 17 heavy (non-hydrogen) atoms. The van der Waals surface area contributed by atoms with Gasteiger partial charge in [0.2, 0.25) is 10.0 Å². The van der Waals surface area contributed by atoms with E-state index >= 15 is 0 Å². The molecule has 0 amide bonds. The van der Waals surface area contributed by atoms with Crippen LogP contribution in [0.1, 0.15) is 5.56 Å². The fourth-order valence-corrected chi connectivity index (χ4v) is 3.84. The zero-order chi connectivity index (χ0) is 12.9. The van der Waals surface area contributed by atoms with E-state index in [-0.39, 0.29) is 6.54 Å². The van der Waals surface area contributed by atoms with Gasteiger partial charge in [0.1, 0.15) is 0 Å². The average Bonchev–Trinajstić information content (AvgIpc) is 2.25. The van der Waals surface area contributed by atoms with E-state index in [1.54, 1.807) is 24.2 Å². The van der Waals surface area contributed by atoms with Crippen LogP contribution in [0.3, 0.4) is 0 Å². The minimum Gasteiger partial charge on any atom is -0.264 e. The van der Waals surface area contributed by atoms with Crippen LogP contribution in [-0.2, 0) is 16.6 Å². The van der Waals surface area contributed by atoms with E-state index in [0.29, 0.717) is 0 Å². The highest BCUT2D eigenvalue weighted by Gasteiger charge is 2.11. The third kappa shape index (κ3) is 6.35. The van der Waals surface area contributed by atoms with E-state index in [4.69, 9.17) is 0 Å². The van der Waals surface area contributed by atoms with Crippen LogP contribution in [0, 0.1) is 0 Å². The maximum Gasteiger partial charge on any atom is 0.233 e. The summed E-state index contributed by atoms with van der Waals surface area (Å²) < 4.78 is 25.8. The van der Waals surface area contributed by atoms with Gasteiger partial charge < -0.3 is 0 Å². The lowest BCUT2D eigenvalue weighted by Gasteiger charge is -2.08. The van der Waals surface area contributed by atoms with E-state index in [0.717, 1.165) is 5.56 Å². The van der Waals surface area contributed by atoms with Gasteiger partial charge in [0.05, 0.1) is 8.07 Å². The Labute approximate surface area is 104 Å². The van der Waals surface area contributed by atoms with Crippen LogP contribution in [0.15, 0.2) is 35.6 Å². The van der Waals surface area contributed by atoms with E-state index in [9.17, 15) is 8.42 Å². The molecule has 94 valence electrons. The van der Waals surface area contributed by atoms with Crippen molar-refractivity contribution in [3.63, 3.8) is 0 Å². The van der Waals surface area contributed by atoms with Crippen LogP contribution in [0.5, 0.6) is 0 Å². The lowest BCUT2D eigenvalue weighted by Crippen LogP contribution is -2.23.